The van der Waals surface area contributed by atoms with Gasteiger partial charge in [0.15, 0.2) is 0 Å². The Morgan fingerprint density at radius 3 is 2.05 bits per heavy atom. The van der Waals surface area contributed by atoms with Gasteiger partial charge in [0, 0.05) is 31.1 Å². The van der Waals surface area contributed by atoms with E-state index in [1.807, 2.05) is 20.8 Å². The highest BCUT2D eigenvalue weighted by Crippen LogP contribution is 2.20. The maximum absolute atomic E-state index is 11.8. The van der Waals surface area contributed by atoms with Gasteiger partial charge in [-0.1, -0.05) is 20.8 Å². The van der Waals surface area contributed by atoms with Crippen LogP contribution in [0.25, 0.3) is 0 Å². The molecule has 0 aliphatic heterocycles. The van der Waals surface area contributed by atoms with Gasteiger partial charge in [-0.3, -0.25) is 9.59 Å². The summed E-state index contributed by atoms with van der Waals surface area (Å²) in [6.07, 6.45) is 0.418. The molecule has 1 aromatic rings. The second-order valence-corrected chi connectivity index (χ2v) is 6.08. The van der Waals surface area contributed by atoms with Gasteiger partial charge in [-0.2, -0.15) is 0 Å². The van der Waals surface area contributed by atoms with Crippen LogP contribution in [0.4, 0.5) is 0 Å². The van der Waals surface area contributed by atoms with E-state index in [-0.39, 0.29) is 34.9 Å². The normalized spacial score (nSPS) is 11.0. The largest absolute Gasteiger partial charge is 0.508 e. The lowest BCUT2D eigenvalue weighted by atomic mass is 9.92. The van der Waals surface area contributed by atoms with Crippen molar-refractivity contribution >= 4 is 11.8 Å². The third kappa shape index (κ3) is 6.65. The van der Waals surface area contributed by atoms with E-state index >= 15 is 0 Å². The number of carbonyl (C=O) groups is 2. The maximum Gasteiger partial charge on any atom is 0.251 e. The van der Waals surface area contributed by atoms with Crippen molar-refractivity contribution < 1.29 is 19.8 Å². The van der Waals surface area contributed by atoms with Gasteiger partial charge < -0.3 is 20.8 Å². The number of aromatic hydroxyl groups is 2. The fourth-order valence-corrected chi connectivity index (χ4v) is 1.75. The summed E-state index contributed by atoms with van der Waals surface area (Å²) >= 11 is 0. The Labute approximate surface area is 124 Å². The molecular weight excluding hydrogens is 272 g/mol. The van der Waals surface area contributed by atoms with Gasteiger partial charge in [-0.05, 0) is 17.5 Å². The monoisotopic (exact) mass is 294 g/mol. The highest BCUT2D eigenvalue weighted by atomic mass is 16.3. The van der Waals surface area contributed by atoms with Gasteiger partial charge in [0.25, 0.3) is 5.91 Å². The van der Waals surface area contributed by atoms with Gasteiger partial charge >= 0.3 is 0 Å². The molecule has 21 heavy (non-hydrogen) atoms. The third-order valence-electron chi connectivity index (χ3n) is 2.59. The van der Waals surface area contributed by atoms with Crippen LogP contribution in [-0.4, -0.2) is 35.1 Å². The van der Waals surface area contributed by atoms with Gasteiger partial charge in [0.2, 0.25) is 5.91 Å². The van der Waals surface area contributed by atoms with Gasteiger partial charge in [0.1, 0.15) is 11.5 Å². The number of carbonyl (C=O) groups excluding carboxylic acids is 2. The minimum Gasteiger partial charge on any atom is -0.508 e. The number of rotatable bonds is 5. The van der Waals surface area contributed by atoms with Crippen molar-refractivity contribution in [1.82, 2.24) is 10.6 Å². The van der Waals surface area contributed by atoms with Crippen molar-refractivity contribution in [1.29, 1.82) is 0 Å². The fourth-order valence-electron chi connectivity index (χ4n) is 1.75. The summed E-state index contributed by atoms with van der Waals surface area (Å²) in [5.41, 5.74) is 0.0837. The molecule has 1 aromatic carbocycles. The molecule has 0 bridgehead atoms. The second kappa shape index (κ2) is 6.97. The van der Waals surface area contributed by atoms with Crippen molar-refractivity contribution in [3.05, 3.63) is 23.8 Å². The molecule has 0 saturated heterocycles. The zero-order valence-electron chi connectivity index (χ0n) is 12.6. The minimum atomic E-state index is -0.425. The molecule has 6 nitrogen and oxygen atoms in total. The molecule has 0 saturated carbocycles. The Balaban J connectivity index is 2.36. The number of nitrogens with one attached hydrogen (secondary N) is 2. The van der Waals surface area contributed by atoms with Gasteiger partial charge in [0.05, 0.1) is 0 Å². The lowest BCUT2D eigenvalue weighted by molar-refractivity contribution is -0.122. The zero-order valence-corrected chi connectivity index (χ0v) is 12.6. The van der Waals surface area contributed by atoms with Gasteiger partial charge in [-0.25, -0.2) is 0 Å². The molecule has 116 valence electrons. The summed E-state index contributed by atoms with van der Waals surface area (Å²) in [6, 6.07) is 3.66. The van der Waals surface area contributed by atoms with Crippen LogP contribution in [0, 0.1) is 5.41 Å². The van der Waals surface area contributed by atoms with Crippen LogP contribution in [-0.2, 0) is 4.79 Å². The lowest BCUT2D eigenvalue weighted by Crippen LogP contribution is -2.35. The molecule has 0 heterocycles. The van der Waals surface area contributed by atoms with E-state index in [0.717, 1.165) is 6.07 Å². The number of phenols is 2. The third-order valence-corrected chi connectivity index (χ3v) is 2.59. The number of hydrogen-bond donors (Lipinski definition) is 4. The Hall–Kier alpha value is -2.24. The summed E-state index contributed by atoms with van der Waals surface area (Å²) in [4.78, 5) is 23.3. The van der Waals surface area contributed by atoms with E-state index < -0.39 is 5.91 Å². The molecule has 0 unspecified atom stereocenters. The molecular formula is C15H22N2O4. The highest BCUT2D eigenvalue weighted by molar-refractivity contribution is 5.95. The Morgan fingerprint density at radius 2 is 1.52 bits per heavy atom. The molecule has 0 aliphatic carbocycles. The molecule has 0 atom stereocenters. The first-order valence-electron chi connectivity index (χ1n) is 6.75. The van der Waals surface area contributed by atoms with Crippen molar-refractivity contribution in [2.75, 3.05) is 13.1 Å². The molecule has 0 aliphatic rings. The summed E-state index contributed by atoms with van der Waals surface area (Å²) in [7, 11) is 0. The van der Waals surface area contributed by atoms with Crippen molar-refractivity contribution in [3.63, 3.8) is 0 Å². The highest BCUT2D eigenvalue weighted by Gasteiger charge is 2.15. The van der Waals surface area contributed by atoms with Crippen LogP contribution in [0.5, 0.6) is 11.5 Å². The van der Waals surface area contributed by atoms with Crippen LogP contribution in [0.2, 0.25) is 0 Å². The molecule has 2 amide bonds. The Morgan fingerprint density at radius 1 is 1.00 bits per heavy atom. The number of benzene rings is 1. The maximum atomic E-state index is 11.8. The first-order chi connectivity index (χ1) is 9.67. The van der Waals surface area contributed by atoms with E-state index in [4.69, 9.17) is 0 Å². The van der Waals surface area contributed by atoms with E-state index in [1.165, 1.54) is 12.1 Å². The number of amides is 2. The summed E-state index contributed by atoms with van der Waals surface area (Å²) in [5, 5.41) is 23.9. The second-order valence-electron chi connectivity index (χ2n) is 6.08. The average molecular weight is 294 g/mol. The quantitative estimate of drug-likeness (QED) is 0.617. The van der Waals surface area contributed by atoms with Crippen LogP contribution in [0.1, 0.15) is 37.6 Å². The summed E-state index contributed by atoms with van der Waals surface area (Å²) < 4.78 is 0. The predicted molar refractivity (Wildman–Crippen MR) is 79.2 cm³/mol. The van der Waals surface area contributed by atoms with Crippen molar-refractivity contribution in [2.45, 2.75) is 27.2 Å². The van der Waals surface area contributed by atoms with Crippen LogP contribution < -0.4 is 10.6 Å². The lowest BCUT2D eigenvalue weighted by Gasteiger charge is -2.17. The summed E-state index contributed by atoms with van der Waals surface area (Å²) in [6.45, 7) is 6.52. The van der Waals surface area contributed by atoms with Crippen LogP contribution in [0.15, 0.2) is 18.2 Å². The Kier molecular flexibility index (Phi) is 5.58. The SMILES string of the molecule is CC(C)(C)CC(=O)NCCNC(=O)c1cc(O)cc(O)c1. The number of phenolic OH excluding ortho intramolecular Hbond substituents is 2. The fraction of sp³-hybridized carbons (Fsp3) is 0.467. The van der Waals surface area contributed by atoms with Crippen LogP contribution in [0.3, 0.4) is 0 Å². The molecule has 6 heteroatoms. The topological polar surface area (TPSA) is 98.7 Å². The molecule has 0 fully saturated rings. The van der Waals surface area contributed by atoms with Crippen LogP contribution >= 0.6 is 0 Å². The standard InChI is InChI=1S/C15H22N2O4/c1-15(2,3)9-13(20)16-4-5-17-14(21)10-6-11(18)8-12(19)7-10/h6-8,18-19H,4-5,9H2,1-3H3,(H,16,20)(H,17,21). The summed E-state index contributed by atoms with van der Waals surface area (Å²) in [5.74, 6) is -0.852. The molecule has 0 radical (unpaired) electrons. The van der Waals surface area contributed by atoms with Crippen molar-refractivity contribution in [3.8, 4) is 11.5 Å². The molecule has 4 N–H and O–H groups in total. The average Bonchev–Trinajstić information content (AvgIpc) is 2.31. The van der Waals surface area contributed by atoms with E-state index in [0.29, 0.717) is 13.0 Å². The zero-order chi connectivity index (χ0) is 16.0. The van der Waals surface area contributed by atoms with E-state index in [2.05, 4.69) is 10.6 Å². The minimum absolute atomic E-state index is 0.0632. The Bertz CT molecular complexity index is 501. The van der Waals surface area contributed by atoms with E-state index in [1.54, 1.807) is 0 Å². The number of hydrogen-bond acceptors (Lipinski definition) is 4. The molecule has 1 rings (SSSR count). The molecule has 0 aromatic heterocycles. The molecule has 0 spiro atoms. The predicted octanol–water partition coefficient (Wildman–Crippen LogP) is 1.38. The van der Waals surface area contributed by atoms with Gasteiger partial charge in [-0.15, -0.1) is 0 Å². The van der Waals surface area contributed by atoms with Crippen molar-refractivity contribution in [2.24, 2.45) is 5.41 Å². The smallest absolute Gasteiger partial charge is 0.251 e. The van der Waals surface area contributed by atoms with E-state index in [9.17, 15) is 19.8 Å². The first kappa shape index (κ1) is 16.8. The first-order valence-corrected chi connectivity index (χ1v) is 6.75.